The van der Waals surface area contributed by atoms with Crippen molar-refractivity contribution in [1.29, 1.82) is 5.26 Å². The van der Waals surface area contributed by atoms with Crippen molar-refractivity contribution in [1.82, 2.24) is 0 Å². The first-order chi connectivity index (χ1) is 6.90. The van der Waals surface area contributed by atoms with Crippen LogP contribution in [0.4, 0.5) is 0 Å². The standard InChI is InChI=1S/C13H7N/c14-8-9-5-6-12-10-3-1-2-4-11(10)13(12)7-9/h1-7H. The summed E-state index contributed by atoms with van der Waals surface area (Å²) >= 11 is 0. The summed E-state index contributed by atoms with van der Waals surface area (Å²) in [4.78, 5) is 0. The number of benzene rings is 2. The molecule has 0 saturated heterocycles. The van der Waals surface area contributed by atoms with Crippen molar-refractivity contribution in [2.75, 3.05) is 0 Å². The number of hydrogen-bond donors (Lipinski definition) is 0. The first-order valence-electron chi connectivity index (χ1n) is 4.54. The maximum Gasteiger partial charge on any atom is 0.0991 e. The van der Waals surface area contributed by atoms with E-state index in [9.17, 15) is 0 Å². The molecule has 0 aromatic heterocycles. The van der Waals surface area contributed by atoms with Gasteiger partial charge in [0, 0.05) is 0 Å². The zero-order chi connectivity index (χ0) is 9.54. The summed E-state index contributed by atoms with van der Waals surface area (Å²) in [5.74, 6) is 0. The monoisotopic (exact) mass is 177 g/mol. The highest BCUT2D eigenvalue weighted by atomic mass is 14.3. The van der Waals surface area contributed by atoms with E-state index in [0.29, 0.717) is 0 Å². The quantitative estimate of drug-likeness (QED) is 0.517. The summed E-state index contributed by atoms with van der Waals surface area (Å²) in [6.07, 6.45) is 0. The van der Waals surface area contributed by atoms with Crippen molar-refractivity contribution in [3.05, 3.63) is 48.0 Å². The lowest BCUT2D eigenvalue weighted by atomic mass is 9.80. The van der Waals surface area contributed by atoms with E-state index >= 15 is 0 Å². The Bertz CT molecular complexity index is 562. The third-order valence-electron chi connectivity index (χ3n) is 2.66. The molecule has 3 rings (SSSR count). The topological polar surface area (TPSA) is 23.8 Å². The molecule has 0 aliphatic heterocycles. The van der Waals surface area contributed by atoms with E-state index in [0.717, 1.165) is 5.56 Å². The molecular weight excluding hydrogens is 170 g/mol. The summed E-state index contributed by atoms with van der Waals surface area (Å²) in [5, 5.41) is 8.78. The average Bonchev–Trinajstić information content (AvgIpc) is 2.25. The molecule has 2 aromatic rings. The predicted octanol–water partition coefficient (Wildman–Crippen LogP) is 3.21. The van der Waals surface area contributed by atoms with Crippen molar-refractivity contribution in [2.24, 2.45) is 0 Å². The summed E-state index contributed by atoms with van der Waals surface area (Å²) in [5.41, 5.74) is 5.77. The highest BCUT2D eigenvalue weighted by molar-refractivity contribution is 6.02. The zero-order valence-electron chi connectivity index (χ0n) is 7.49. The number of rotatable bonds is 0. The maximum absolute atomic E-state index is 8.78. The second kappa shape index (κ2) is 2.46. The van der Waals surface area contributed by atoms with Crippen molar-refractivity contribution in [2.45, 2.75) is 0 Å². The van der Waals surface area contributed by atoms with Gasteiger partial charge >= 0.3 is 0 Å². The Kier molecular flexibility index (Phi) is 1.29. The largest absolute Gasteiger partial charge is 0.192 e. The Morgan fingerprint density at radius 3 is 2.14 bits per heavy atom. The molecule has 0 heterocycles. The molecule has 2 aromatic carbocycles. The van der Waals surface area contributed by atoms with Gasteiger partial charge in [0.15, 0.2) is 0 Å². The molecule has 1 heteroatoms. The second-order valence-corrected chi connectivity index (χ2v) is 3.42. The fourth-order valence-electron chi connectivity index (χ4n) is 1.96. The van der Waals surface area contributed by atoms with Crippen LogP contribution in [0.3, 0.4) is 0 Å². The summed E-state index contributed by atoms with van der Waals surface area (Å²) in [6.45, 7) is 0. The average molecular weight is 177 g/mol. The van der Waals surface area contributed by atoms with Crippen LogP contribution < -0.4 is 0 Å². The van der Waals surface area contributed by atoms with Gasteiger partial charge in [-0.05, 0) is 34.4 Å². The molecule has 1 aliphatic carbocycles. The molecule has 0 amide bonds. The fourth-order valence-corrected chi connectivity index (χ4v) is 1.96. The molecule has 0 N–H and O–H groups in total. The zero-order valence-corrected chi connectivity index (χ0v) is 7.49. The smallest absolute Gasteiger partial charge is 0.0991 e. The van der Waals surface area contributed by atoms with E-state index in [1.165, 1.54) is 22.3 Å². The molecule has 0 atom stereocenters. The Morgan fingerprint density at radius 1 is 0.786 bits per heavy atom. The molecule has 0 saturated carbocycles. The van der Waals surface area contributed by atoms with Crippen LogP contribution in [0.25, 0.3) is 22.3 Å². The van der Waals surface area contributed by atoms with Crippen LogP contribution in [0.15, 0.2) is 42.5 Å². The summed E-state index contributed by atoms with van der Waals surface area (Å²) < 4.78 is 0. The van der Waals surface area contributed by atoms with Gasteiger partial charge in [0.1, 0.15) is 0 Å². The highest BCUT2D eigenvalue weighted by Gasteiger charge is 2.21. The van der Waals surface area contributed by atoms with Crippen LogP contribution in [-0.4, -0.2) is 0 Å². The van der Waals surface area contributed by atoms with Crippen LogP contribution in [0, 0.1) is 11.3 Å². The third-order valence-corrected chi connectivity index (χ3v) is 2.66. The first-order valence-corrected chi connectivity index (χ1v) is 4.54. The van der Waals surface area contributed by atoms with E-state index in [2.05, 4.69) is 18.2 Å². The number of nitriles is 1. The highest BCUT2D eigenvalue weighted by Crippen LogP contribution is 2.46. The predicted molar refractivity (Wildman–Crippen MR) is 55.6 cm³/mol. The van der Waals surface area contributed by atoms with E-state index in [1.54, 1.807) is 0 Å². The minimum atomic E-state index is 0.734. The minimum Gasteiger partial charge on any atom is -0.192 e. The van der Waals surface area contributed by atoms with E-state index in [1.807, 2.05) is 30.3 Å². The summed E-state index contributed by atoms with van der Waals surface area (Å²) in [7, 11) is 0. The van der Waals surface area contributed by atoms with Gasteiger partial charge in [-0.15, -0.1) is 0 Å². The van der Waals surface area contributed by atoms with Crippen LogP contribution in [0.5, 0.6) is 0 Å². The van der Waals surface area contributed by atoms with E-state index in [4.69, 9.17) is 5.26 Å². The van der Waals surface area contributed by atoms with Gasteiger partial charge in [0.25, 0.3) is 0 Å². The Morgan fingerprint density at radius 2 is 1.43 bits per heavy atom. The van der Waals surface area contributed by atoms with Gasteiger partial charge in [0.05, 0.1) is 11.6 Å². The minimum absolute atomic E-state index is 0.734. The van der Waals surface area contributed by atoms with Gasteiger partial charge in [-0.1, -0.05) is 30.3 Å². The van der Waals surface area contributed by atoms with Crippen molar-refractivity contribution in [3.63, 3.8) is 0 Å². The Labute approximate surface area is 82.2 Å². The SMILES string of the molecule is N#Cc1ccc2c(c1)-c1ccccc1-2. The van der Waals surface area contributed by atoms with Gasteiger partial charge in [-0.2, -0.15) is 5.26 Å². The fraction of sp³-hybridized carbons (Fsp3) is 0. The maximum atomic E-state index is 8.78. The van der Waals surface area contributed by atoms with Gasteiger partial charge in [-0.25, -0.2) is 0 Å². The molecule has 1 nitrogen and oxygen atoms in total. The molecule has 14 heavy (non-hydrogen) atoms. The Balaban J connectivity index is 2.25. The molecule has 0 fully saturated rings. The molecular formula is C13H7N. The number of hydrogen-bond acceptors (Lipinski definition) is 1. The molecule has 0 spiro atoms. The van der Waals surface area contributed by atoms with Crippen LogP contribution in [0.1, 0.15) is 5.56 Å². The molecule has 64 valence electrons. The number of fused-ring (bicyclic) bond motifs is 4. The van der Waals surface area contributed by atoms with E-state index in [-0.39, 0.29) is 0 Å². The molecule has 1 aliphatic rings. The molecule has 0 radical (unpaired) electrons. The number of nitrogens with zero attached hydrogens (tertiary/aromatic N) is 1. The van der Waals surface area contributed by atoms with Crippen LogP contribution in [-0.2, 0) is 0 Å². The summed E-state index contributed by atoms with van der Waals surface area (Å²) in [6, 6.07) is 16.3. The lowest BCUT2D eigenvalue weighted by Crippen LogP contribution is -1.98. The third kappa shape index (κ3) is 0.777. The van der Waals surface area contributed by atoms with Crippen molar-refractivity contribution < 1.29 is 0 Å². The van der Waals surface area contributed by atoms with E-state index < -0.39 is 0 Å². The normalized spacial score (nSPS) is 10.8. The van der Waals surface area contributed by atoms with Gasteiger partial charge < -0.3 is 0 Å². The molecule has 0 unspecified atom stereocenters. The second-order valence-electron chi connectivity index (χ2n) is 3.42. The van der Waals surface area contributed by atoms with Crippen molar-refractivity contribution >= 4 is 0 Å². The van der Waals surface area contributed by atoms with Crippen molar-refractivity contribution in [3.8, 4) is 28.3 Å². The molecule has 0 bridgehead atoms. The van der Waals surface area contributed by atoms with Crippen LogP contribution >= 0.6 is 0 Å². The lowest BCUT2D eigenvalue weighted by Gasteiger charge is -2.23. The van der Waals surface area contributed by atoms with Gasteiger partial charge in [-0.3, -0.25) is 0 Å². The lowest BCUT2D eigenvalue weighted by molar-refractivity contribution is 1.46. The van der Waals surface area contributed by atoms with Crippen LogP contribution in [0.2, 0.25) is 0 Å². The van der Waals surface area contributed by atoms with Gasteiger partial charge in [0.2, 0.25) is 0 Å². The first kappa shape index (κ1) is 7.34. The Hall–Kier alpha value is -2.07.